The Balaban J connectivity index is 1.25. The van der Waals surface area contributed by atoms with E-state index in [1.165, 1.54) is 53.2 Å². The Kier molecular flexibility index (Phi) is 6.16. The normalized spacial score (nSPS) is 11.9. The molecule has 0 amide bonds. The van der Waals surface area contributed by atoms with E-state index in [4.69, 9.17) is 4.42 Å². The van der Waals surface area contributed by atoms with Gasteiger partial charge in [-0.1, -0.05) is 146 Å². The molecule has 0 atom stereocenters. The summed E-state index contributed by atoms with van der Waals surface area (Å²) < 4.78 is 12.2. The van der Waals surface area contributed by atoms with Gasteiger partial charge < -0.3 is 8.98 Å². The lowest BCUT2D eigenvalue weighted by atomic mass is 9.94. The van der Waals surface area contributed by atoms with Crippen LogP contribution in [-0.4, -0.2) is 4.57 Å². The van der Waals surface area contributed by atoms with Crippen LogP contribution in [0.25, 0.3) is 103 Å². The molecule has 0 aliphatic heterocycles. The van der Waals surface area contributed by atoms with Crippen LogP contribution in [0.5, 0.6) is 0 Å². The maximum Gasteiger partial charge on any atom is 0.159 e. The number of rotatable bonds is 4. The molecule has 0 spiro atoms. The van der Waals surface area contributed by atoms with Crippen LogP contribution in [0, 0.1) is 0 Å². The lowest BCUT2D eigenvalue weighted by molar-refractivity contribution is 0.667. The van der Waals surface area contributed by atoms with E-state index in [2.05, 4.69) is 180 Å². The van der Waals surface area contributed by atoms with Gasteiger partial charge in [-0.3, -0.25) is 0 Å². The predicted molar refractivity (Wildman–Crippen MR) is 217 cm³/mol. The molecule has 0 saturated carbocycles. The lowest BCUT2D eigenvalue weighted by Gasteiger charge is -2.10. The zero-order valence-electron chi connectivity index (χ0n) is 27.5. The van der Waals surface area contributed by atoms with Crippen LogP contribution in [-0.2, 0) is 0 Å². The maximum absolute atomic E-state index is 7.22. The third kappa shape index (κ3) is 4.22. The molecule has 238 valence electrons. The van der Waals surface area contributed by atoms with Crippen LogP contribution in [0.2, 0.25) is 0 Å². The minimum Gasteiger partial charge on any atom is -0.453 e. The molecule has 0 fully saturated rings. The highest BCUT2D eigenvalue weighted by Gasteiger charge is 2.23. The minimum atomic E-state index is 0.883. The van der Waals surface area contributed by atoms with Gasteiger partial charge in [0.25, 0.3) is 0 Å². The summed E-state index contributed by atoms with van der Waals surface area (Å²) in [6.07, 6.45) is 0. The van der Waals surface area contributed by atoms with Gasteiger partial charge in [-0.25, -0.2) is 0 Å². The highest BCUT2D eigenvalue weighted by Crippen LogP contribution is 2.47. The zero-order valence-corrected chi connectivity index (χ0v) is 28.3. The Bertz CT molecular complexity index is 3130. The fraction of sp³-hybridized carbons (Fsp3) is 0. The monoisotopic (exact) mass is 667 g/mol. The Morgan fingerprint density at radius 2 is 1.06 bits per heavy atom. The second-order valence-electron chi connectivity index (χ2n) is 13.2. The molecule has 0 saturated heterocycles. The number of nitrogens with zero attached hydrogens (tertiary/aromatic N) is 1. The molecular formula is C48H29NOS. The summed E-state index contributed by atoms with van der Waals surface area (Å²) in [5, 5.41) is 7.30. The van der Waals surface area contributed by atoms with Crippen molar-refractivity contribution in [3.8, 4) is 39.1 Å². The molecule has 51 heavy (non-hydrogen) atoms. The van der Waals surface area contributed by atoms with Gasteiger partial charge in [0.1, 0.15) is 5.58 Å². The molecule has 8 aromatic carbocycles. The predicted octanol–water partition coefficient (Wildman–Crippen LogP) is 14.1. The Labute approximate surface area is 298 Å². The molecule has 3 heteroatoms. The van der Waals surface area contributed by atoms with E-state index in [9.17, 15) is 0 Å². The summed E-state index contributed by atoms with van der Waals surface area (Å²) in [6, 6.07) is 63.4. The van der Waals surface area contributed by atoms with Gasteiger partial charge in [0.2, 0.25) is 0 Å². The quantitative estimate of drug-likeness (QED) is 0.183. The molecule has 0 aliphatic rings. The van der Waals surface area contributed by atoms with Crippen LogP contribution in [0.3, 0.4) is 0 Å². The average molecular weight is 668 g/mol. The van der Waals surface area contributed by atoms with Crippen molar-refractivity contribution >= 4 is 75.3 Å². The first-order valence-electron chi connectivity index (χ1n) is 17.4. The second-order valence-corrected chi connectivity index (χ2v) is 14.3. The van der Waals surface area contributed by atoms with Gasteiger partial charge in [0.15, 0.2) is 5.58 Å². The van der Waals surface area contributed by atoms with Crippen LogP contribution < -0.4 is 0 Å². The van der Waals surface area contributed by atoms with Crippen molar-refractivity contribution in [2.45, 2.75) is 0 Å². The third-order valence-electron chi connectivity index (χ3n) is 10.4. The van der Waals surface area contributed by atoms with E-state index < -0.39 is 0 Å². The second kappa shape index (κ2) is 11.0. The van der Waals surface area contributed by atoms with Crippen molar-refractivity contribution in [2.75, 3.05) is 0 Å². The Hall–Kier alpha value is -6.42. The van der Waals surface area contributed by atoms with E-state index in [0.29, 0.717) is 0 Å². The fourth-order valence-corrected chi connectivity index (χ4v) is 9.36. The van der Waals surface area contributed by atoms with Crippen molar-refractivity contribution < 1.29 is 4.42 Å². The first-order chi connectivity index (χ1) is 25.3. The van der Waals surface area contributed by atoms with Crippen LogP contribution in [0.1, 0.15) is 0 Å². The standard InChI is InChI=1S/C48H29NOS/c1-3-13-30(14-4-1)32-25-26-35-34-17-7-9-22-41(34)49(43(35)29-32)42-23-12-21-40-45-37(28-27-33(47(45)50-46(40)42)31-15-5-2-6-16-31)39-20-11-19-38-36-18-8-10-24-44(36)51-48(38)39/h1-29H. The van der Waals surface area contributed by atoms with E-state index in [1.54, 1.807) is 0 Å². The van der Waals surface area contributed by atoms with Crippen LogP contribution in [0.4, 0.5) is 0 Å². The molecule has 2 nitrogen and oxygen atoms in total. The number of fused-ring (bicyclic) bond motifs is 9. The summed E-state index contributed by atoms with van der Waals surface area (Å²) in [6.45, 7) is 0. The largest absolute Gasteiger partial charge is 0.453 e. The number of aromatic nitrogens is 1. The summed E-state index contributed by atoms with van der Waals surface area (Å²) in [7, 11) is 0. The molecule has 0 aliphatic carbocycles. The highest BCUT2D eigenvalue weighted by atomic mass is 32.1. The van der Waals surface area contributed by atoms with Gasteiger partial charge in [-0.2, -0.15) is 0 Å². The van der Waals surface area contributed by atoms with Crippen molar-refractivity contribution in [3.63, 3.8) is 0 Å². The van der Waals surface area contributed by atoms with E-state index in [1.807, 2.05) is 11.3 Å². The number of hydrogen-bond acceptors (Lipinski definition) is 2. The fourth-order valence-electron chi connectivity index (χ4n) is 8.13. The van der Waals surface area contributed by atoms with Crippen molar-refractivity contribution in [1.29, 1.82) is 0 Å². The highest BCUT2D eigenvalue weighted by molar-refractivity contribution is 7.26. The zero-order chi connectivity index (χ0) is 33.5. The minimum absolute atomic E-state index is 0.883. The average Bonchev–Trinajstić information content (AvgIpc) is 3.88. The van der Waals surface area contributed by atoms with Gasteiger partial charge in [0.05, 0.1) is 16.7 Å². The first kappa shape index (κ1) is 28.4. The number of para-hydroxylation sites is 2. The SMILES string of the molecule is c1ccc(-c2ccc3c4ccccc4n(-c4cccc5c4oc4c(-c6ccccc6)ccc(-c6cccc7c6sc6ccccc67)c45)c3c2)cc1. The lowest BCUT2D eigenvalue weighted by Crippen LogP contribution is -1.94. The molecule has 3 aromatic heterocycles. The van der Waals surface area contributed by atoms with E-state index in [-0.39, 0.29) is 0 Å². The van der Waals surface area contributed by atoms with Crippen molar-refractivity contribution in [3.05, 3.63) is 176 Å². The van der Waals surface area contributed by atoms with E-state index in [0.717, 1.165) is 49.8 Å². The van der Waals surface area contributed by atoms with Gasteiger partial charge in [0, 0.05) is 52.8 Å². The summed E-state index contributed by atoms with van der Waals surface area (Å²) in [5.74, 6) is 0. The summed E-state index contributed by atoms with van der Waals surface area (Å²) in [5.41, 5.74) is 12.2. The Morgan fingerprint density at radius 3 is 1.92 bits per heavy atom. The number of thiophene rings is 1. The van der Waals surface area contributed by atoms with Crippen molar-refractivity contribution in [1.82, 2.24) is 4.57 Å². The third-order valence-corrected chi connectivity index (χ3v) is 11.6. The molecule has 11 rings (SSSR count). The first-order valence-corrected chi connectivity index (χ1v) is 18.2. The number of hydrogen-bond donors (Lipinski definition) is 0. The van der Waals surface area contributed by atoms with Crippen molar-refractivity contribution in [2.24, 2.45) is 0 Å². The van der Waals surface area contributed by atoms with Gasteiger partial charge in [-0.05, 0) is 52.6 Å². The van der Waals surface area contributed by atoms with Gasteiger partial charge in [-0.15, -0.1) is 11.3 Å². The summed E-state index contributed by atoms with van der Waals surface area (Å²) in [4.78, 5) is 0. The topological polar surface area (TPSA) is 18.1 Å². The van der Waals surface area contributed by atoms with Gasteiger partial charge >= 0.3 is 0 Å². The molecule has 11 aromatic rings. The number of benzene rings is 8. The molecule has 0 N–H and O–H groups in total. The smallest absolute Gasteiger partial charge is 0.159 e. The molecule has 3 heterocycles. The molecule has 0 radical (unpaired) electrons. The Morgan fingerprint density at radius 1 is 0.392 bits per heavy atom. The van der Waals surface area contributed by atoms with Crippen LogP contribution >= 0.6 is 11.3 Å². The molecule has 0 bridgehead atoms. The van der Waals surface area contributed by atoms with E-state index >= 15 is 0 Å². The summed E-state index contributed by atoms with van der Waals surface area (Å²) >= 11 is 1.87. The van der Waals surface area contributed by atoms with Crippen LogP contribution in [0.15, 0.2) is 180 Å². The molecular weight excluding hydrogens is 639 g/mol. The number of furan rings is 1. The molecule has 0 unspecified atom stereocenters. The maximum atomic E-state index is 7.22.